The topological polar surface area (TPSA) is 68.3 Å². The number of carbonyl (C=O) groups excluding carboxylic acids is 2. The van der Waals surface area contributed by atoms with Crippen LogP contribution in [0.15, 0.2) is 42.5 Å². The molecule has 31 heavy (non-hydrogen) atoms. The van der Waals surface area contributed by atoms with Crippen LogP contribution in [0.2, 0.25) is 0 Å². The Morgan fingerprint density at radius 3 is 2.61 bits per heavy atom. The number of benzene rings is 2. The lowest BCUT2D eigenvalue weighted by Gasteiger charge is -2.37. The zero-order valence-corrected chi connectivity index (χ0v) is 17.6. The summed E-state index contributed by atoms with van der Waals surface area (Å²) < 4.78 is 17.1. The highest BCUT2D eigenvalue weighted by atomic mass is 16.7. The second-order valence-corrected chi connectivity index (χ2v) is 8.34. The third-order valence-electron chi connectivity index (χ3n) is 6.20. The molecule has 3 aliphatic heterocycles. The van der Waals surface area contributed by atoms with Crippen LogP contribution in [0.4, 0.5) is 5.69 Å². The summed E-state index contributed by atoms with van der Waals surface area (Å²) in [5.41, 5.74) is 3.37. The summed E-state index contributed by atoms with van der Waals surface area (Å²) in [6.07, 6.45) is 1.38. The van der Waals surface area contributed by atoms with E-state index in [1.807, 2.05) is 54.3 Å². The quantitative estimate of drug-likeness (QED) is 0.761. The summed E-state index contributed by atoms with van der Waals surface area (Å²) in [5.74, 6) is 0.115. The van der Waals surface area contributed by atoms with E-state index >= 15 is 0 Å². The Labute approximate surface area is 181 Å². The van der Waals surface area contributed by atoms with Gasteiger partial charge in [-0.3, -0.25) is 9.59 Å². The molecule has 0 atom stereocenters. The number of piperidine rings is 1. The third kappa shape index (κ3) is 3.91. The van der Waals surface area contributed by atoms with E-state index in [1.54, 1.807) is 4.90 Å². The van der Waals surface area contributed by atoms with Crippen molar-refractivity contribution >= 4 is 17.5 Å². The van der Waals surface area contributed by atoms with E-state index < -0.39 is 5.79 Å². The maximum Gasteiger partial charge on any atom is 0.265 e. The number of nitrogens with zero attached hydrogens (tertiary/aromatic N) is 2. The molecule has 3 aliphatic rings. The molecule has 0 N–H and O–H groups in total. The predicted octanol–water partition coefficient (Wildman–Crippen LogP) is 2.90. The number of hydrogen-bond donors (Lipinski definition) is 0. The summed E-state index contributed by atoms with van der Waals surface area (Å²) in [6, 6.07) is 13.4. The summed E-state index contributed by atoms with van der Waals surface area (Å²) in [4.78, 5) is 29.2. The molecular formula is C24H26N2O5. The molecule has 0 radical (unpaired) electrons. The average molecular weight is 422 g/mol. The Morgan fingerprint density at radius 2 is 1.84 bits per heavy atom. The van der Waals surface area contributed by atoms with Crippen molar-refractivity contribution in [1.82, 2.24) is 4.90 Å². The average Bonchev–Trinajstić information content (AvgIpc) is 3.24. The van der Waals surface area contributed by atoms with Crippen molar-refractivity contribution in [3.63, 3.8) is 0 Å². The number of aryl methyl sites for hydroxylation is 1. The molecule has 5 rings (SSSR count). The number of anilines is 1. The van der Waals surface area contributed by atoms with Gasteiger partial charge < -0.3 is 24.0 Å². The van der Waals surface area contributed by atoms with Crippen LogP contribution in [0.25, 0.3) is 0 Å². The van der Waals surface area contributed by atoms with Crippen molar-refractivity contribution in [2.75, 3.05) is 37.8 Å². The molecular weight excluding hydrogens is 396 g/mol. The van der Waals surface area contributed by atoms with Gasteiger partial charge in [0.25, 0.3) is 11.8 Å². The van der Waals surface area contributed by atoms with Crippen LogP contribution in [0.1, 0.15) is 34.3 Å². The van der Waals surface area contributed by atoms with Crippen LogP contribution >= 0.6 is 0 Å². The third-order valence-corrected chi connectivity index (χ3v) is 6.20. The van der Waals surface area contributed by atoms with E-state index in [0.29, 0.717) is 57.0 Å². The molecule has 3 heterocycles. The van der Waals surface area contributed by atoms with Gasteiger partial charge in [0, 0.05) is 31.5 Å². The molecule has 2 amide bonds. The highest BCUT2D eigenvalue weighted by molar-refractivity contribution is 5.98. The fraction of sp³-hybridized carbons (Fsp3) is 0.417. The van der Waals surface area contributed by atoms with Crippen molar-refractivity contribution in [1.29, 1.82) is 0 Å². The van der Waals surface area contributed by atoms with Gasteiger partial charge in [-0.2, -0.15) is 0 Å². The lowest BCUT2D eigenvalue weighted by Crippen LogP contribution is -2.47. The number of rotatable bonds is 3. The molecule has 2 saturated heterocycles. The second kappa shape index (κ2) is 7.98. The minimum atomic E-state index is -0.499. The number of amides is 2. The summed E-state index contributed by atoms with van der Waals surface area (Å²) in [6.45, 7) is 4.87. The summed E-state index contributed by atoms with van der Waals surface area (Å²) in [7, 11) is 0. The molecule has 0 aliphatic carbocycles. The van der Waals surface area contributed by atoms with E-state index in [-0.39, 0.29) is 18.4 Å². The van der Waals surface area contributed by atoms with Gasteiger partial charge in [-0.05, 0) is 42.3 Å². The molecule has 0 saturated carbocycles. The van der Waals surface area contributed by atoms with Gasteiger partial charge in [0.15, 0.2) is 12.4 Å². The van der Waals surface area contributed by atoms with Gasteiger partial charge >= 0.3 is 0 Å². The van der Waals surface area contributed by atoms with E-state index in [9.17, 15) is 9.59 Å². The van der Waals surface area contributed by atoms with Crippen LogP contribution in [0.3, 0.4) is 0 Å². The van der Waals surface area contributed by atoms with E-state index in [4.69, 9.17) is 14.2 Å². The minimum Gasteiger partial charge on any atom is -0.482 e. The molecule has 2 aromatic rings. The number of ether oxygens (including phenoxy) is 3. The Kier molecular flexibility index (Phi) is 5.16. The fourth-order valence-corrected chi connectivity index (χ4v) is 4.49. The lowest BCUT2D eigenvalue weighted by molar-refractivity contribution is -0.181. The van der Waals surface area contributed by atoms with Gasteiger partial charge in [0.05, 0.1) is 25.4 Å². The number of hydrogen-bond acceptors (Lipinski definition) is 5. The van der Waals surface area contributed by atoms with Gasteiger partial charge in [0.2, 0.25) is 0 Å². The van der Waals surface area contributed by atoms with Crippen molar-refractivity contribution < 1.29 is 23.8 Å². The van der Waals surface area contributed by atoms with Crippen LogP contribution in [-0.2, 0) is 20.8 Å². The molecule has 2 fully saturated rings. The van der Waals surface area contributed by atoms with Crippen molar-refractivity contribution in [2.45, 2.75) is 32.1 Å². The smallest absolute Gasteiger partial charge is 0.265 e. The zero-order valence-electron chi connectivity index (χ0n) is 17.6. The Bertz CT molecular complexity index is 1000. The zero-order chi connectivity index (χ0) is 21.4. The highest BCUT2D eigenvalue weighted by Gasteiger charge is 2.40. The van der Waals surface area contributed by atoms with E-state index in [0.717, 1.165) is 16.8 Å². The van der Waals surface area contributed by atoms with Gasteiger partial charge in [-0.25, -0.2) is 0 Å². The van der Waals surface area contributed by atoms with E-state index in [2.05, 4.69) is 0 Å². The molecule has 7 heteroatoms. The highest BCUT2D eigenvalue weighted by Crippen LogP contribution is 2.34. The number of carbonyl (C=O) groups is 2. The maximum atomic E-state index is 13.1. The fourth-order valence-electron chi connectivity index (χ4n) is 4.49. The van der Waals surface area contributed by atoms with Gasteiger partial charge in [-0.15, -0.1) is 0 Å². The van der Waals surface area contributed by atoms with Crippen molar-refractivity contribution in [2.24, 2.45) is 0 Å². The number of fused-ring (bicyclic) bond motifs is 1. The molecule has 2 aromatic carbocycles. The largest absolute Gasteiger partial charge is 0.482 e. The molecule has 0 bridgehead atoms. The minimum absolute atomic E-state index is 0.000699. The Morgan fingerprint density at radius 1 is 1.06 bits per heavy atom. The normalized spacial score (nSPS) is 20.0. The first kappa shape index (κ1) is 20.0. The van der Waals surface area contributed by atoms with Crippen LogP contribution in [-0.4, -0.2) is 55.4 Å². The van der Waals surface area contributed by atoms with Gasteiger partial charge in [-0.1, -0.05) is 18.2 Å². The Hall–Kier alpha value is -2.90. The number of likely N-dealkylation sites (tertiary alicyclic amines) is 1. The molecule has 0 unspecified atom stereocenters. The van der Waals surface area contributed by atoms with E-state index in [1.165, 1.54) is 0 Å². The first-order valence-corrected chi connectivity index (χ1v) is 10.7. The van der Waals surface area contributed by atoms with Crippen molar-refractivity contribution in [3.8, 4) is 5.75 Å². The summed E-state index contributed by atoms with van der Waals surface area (Å²) in [5, 5.41) is 0. The maximum absolute atomic E-state index is 13.1. The standard InChI is InChI=1S/C24H26N2O5/c1-17-5-6-21-20(13-17)26(22(27)16-29-21)15-18-3-2-4-19(14-18)23(28)25-9-7-24(8-10-25)30-11-12-31-24/h2-6,13-14H,7-12,15-16H2,1H3. The Balaban J connectivity index is 1.31. The van der Waals surface area contributed by atoms with Crippen LogP contribution < -0.4 is 9.64 Å². The first-order valence-electron chi connectivity index (χ1n) is 10.7. The molecule has 1 spiro atoms. The molecule has 0 aromatic heterocycles. The van der Waals surface area contributed by atoms with Gasteiger partial charge in [0.1, 0.15) is 5.75 Å². The van der Waals surface area contributed by atoms with Crippen molar-refractivity contribution in [3.05, 3.63) is 59.2 Å². The monoisotopic (exact) mass is 422 g/mol. The molecule has 162 valence electrons. The SMILES string of the molecule is Cc1ccc2c(c1)N(Cc1cccc(C(=O)N3CCC4(CC3)OCCO4)c1)C(=O)CO2. The summed E-state index contributed by atoms with van der Waals surface area (Å²) >= 11 is 0. The van der Waals surface area contributed by atoms with Crippen LogP contribution in [0, 0.1) is 6.92 Å². The first-order chi connectivity index (χ1) is 15.0. The van der Waals surface area contributed by atoms with Crippen LogP contribution in [0.5, 0.6) is 5.75 Å². The molecule has 7 nitrogen and oxygen atoms in total. The lowest BCUT2D eigenvalue weighted by atomic mass is 10.0. The second-order valence-electron chi connectivity index (χ2n) is 8.34. The predicted molar refractivity (Wildman–Crippen MR) is 114 cm³/mol.